The summed E-state index contributed by atoms with van der Waals surface area (Å²) in [5.41, 5.74) is 5.55. The number of methoxy groups -OCH3 is 1. The number of aliphatic hydroxyl groups excluding tert-OH is 1. The monoisotopic (exact) mass is 133 g/mol. The third-order valence-corrected chi connectivity index (χ3v) is 1.43. The second-order valence-corrected chi connectivity index (χ2v) is 2.03. The Morgan fingerprint density at radius 1 is 1.67 bits per heavy atom. The Bertz CT molecular complexity index is 64.1. The van der Waals surface area contributed by atoms with E-state index in [4.69, 9.17) is 15.6 Å². The maximum absolute atomic E-state index is 8.62. The molecule has 0 amide bonds. The molecule has 0 aliphatic heterocycles. The molecule has 0 radical (unpaired) electrons. The third kappa shape index (κ3) is 2.79. The molecule has 0 rings (SSSR count). The number of hydrogen-bond acceptors (Lipinski definition) is 3. The largest absolute Gasteiger partial charge is 0.394 e. The van der Waals surface area contributed by atoms with Gasteiger partial charge in [0.15, 0.2) is 0 Å². The molecule has 9 heavy (non-hydrogen) atoms. The summed E-state index contributed by atoms with van der Waals surface area (Å²) in [6.45, 7) is 1.97. The van der Waals surface area contributed by atoms with E-state index in [9.17, 15) is 0 Å². The smallest absolute Gasteiger partial charge is 0.0952 e. The highest BCUT2D eigenvalue weighted by atomic mass is 16.5. The van der Waals surface area contributed by atoms with Gasteiger partial charge >= 0.3 is 0 Å². The first-order valence-electron chi connectivity index (χ1n) is 3.15. The van der Waals surface area contributed by atoms with Gasteiger partial charge in [0.05, 0.1) is 12.7 Å². The van der Waals surface area contributed by atoms with Crippen molar-refractivity contribution in [3.63, 3.8) is 0 Å². The summed E-state index contributed by atoms with van der Waals surface area (Å²) in [6.07, 6.45) is 0.633. The Morgan fingerprint density at radius 2 is 2.22 bits per heavy atom. The molecule has 3 heteroatoms. The third-order valence-electron chi connectivity index (χ3n) is 1.43. The highest BCUT2D eigenvalue weighted by Gasteiger charge is 2.12. The standard InChI is InChI=1S/C6H15NO2/c1-3-5(7)6(4-8)9-2/h5-6,8H,3-4,7H2,1-2H3. The van der Waals surface area contributed by atoms with Gasteiger partial charge in [0.25, 0.3) is 0 Å². The molecule has 3 N–H and O–H groups in total. The fraction of sp³-hybridized carbons (Fsp3) is 1.00. The van der Waals surface area contributed by atoms with E-state index in [1.165, 1.54) is 0 Å². The minimum absolute atomic E-state index is 0.00546. The highest BCUT2D eigenvalue weighted by Crippen LogP contribution is 1.97. The van der Waals surface area contributed by atoms with E-state index in [0.717, 1.165) is 6.42 Å². The van der Waals surface area contributed by atoms with Crippen molar-refractivity contribution in [2.75, 3.05) is 13.7 Å². The van der Waals surface area contributed by atoms with Crippen molar-refractivity contribution in [3.8, 4) is 0 Å². The zero-order valence-electron chi connectivity index (χ0n) is 6.00. The van der Waals surface area contributed by atoms with Crippen molar-refractivity contribution in [1.29, 1.82) is 0 Å². The molecule has 0 heterocycles. The van der Waals surface area contributed by atoms with Crippen LogP contribution in [0.2, 0.25) is 0 Å². The maximum Gasteiger partial charge on any atom is 0.0952 e. The molecule has 0 bridgehead atoms. The lowest BCUT2D eigenvalue weighted by Crippen LogP contribution is -2.37. The normalized spacial score (nSPS) is 17.3. The summed E-state index contributed by atoms with van der Waals surface area (Å²) in [5, 5.41) is 8.62. The van der Waals surface area contributed by atoms with Gasteiger partial charge in [0.2, 0.25) is 0 Å². The van der Waals surface area contributed by atoms with Gasteiger partial charge in [-0.1, -0.05) is 6.92 Å². The van der Waals surface area contributed by atoms with E-state index in [2.05, 4.69) is 0 Å². The van der Waals surface area contributed by atoms with Crippen LogP contribution in [-0.2, 0) is 4.74 Å². The van der Waals surface area contributed by atoms with E-state index < -0.39 is 0 Å². The lowest BCUT2D eigenvalue weighted by Gasteiger charge is -2.18. The quantitative estimate of drug-likeness (QED) is 0.555. The Morgan fingerprint density at radius 3 is 2.33 bits per heavy atom. The van der Waals surface area contributed by atoms with Crippen LogP contribution in [0.1, 0.15) is 13.3 Å². The number of hydrogen-bond donors (Lipinski definition) is 2. The number of nitrogens with two attached hydrogens (primary N) is 1. The van der Waals surface area contributed by atoms with E-state index in [1.54, 1.807) is 7.11 Å². The van der Waals surface area contributed by atoms with Gasteiger partial charge in [-0.05, 0) is 6.42 Å². The van der Waals surface area contributed by atoms with Gasteiger partial charge in [-0.2, -0.15) is 0 Å². The Hall–Kier alpha value is -0.120. The molecule has 2 atom stereocenters. The first kappa shape index (κ1) is 8.88. The van der Waals surface area contributed by atoms with Gasteiger partial charge in [0, 0.05) is 13.2 Å². The average molecular weight is 133 g/mol. The molecule has 0 aromatic carbocycles. The fourth-order valence-corrected chi connectivity index (χ4v) is 0.648. The first-order valence-corrected chi connectivity index (χ1v) is 3.15. The summed E-state index contributed by atoms with van der Waals surface area (Å²) in [6, 6.07) is -0.0417. The van der Waals surface area contributed by atoms with Crippen LogP contribution >= 0.6 is 0 Å². The molecule has 0 aliphatic carbocycles. The summed E-state index contributed by atoms with van der Waals surface area (Å²) in [4.78, 5) is 0. The average Bonchev–Trinajstić information content (AvgIpc) is 1.90. The number of ether oxygens (including phenoxy) is 1. The van der Waals surface area contributed by atoms with E-state index >= 15 is 0 Å². The summed E-state index contributed by atoms with van der Waals surface area (Å²) in [7, 11) is 1.55. The number of rotatable bonds is 4. The van der Waals surface area contributed by atoms with Gasteiger partial charge in [0.1, 0.15) is 0 Å². The minimum Gasteiger partial charge on any atom is -0.394 e. The molecule has 56 valence electrons. The molecular weight excluding hydrogens is 118 g/mol. The van der Waals surface area contributed by atoms with Crippen LogP contribution in [-0.4, -0.2) is 31.0 Å². The Labute approximate surface area is 55.8 Å². The van der Waals surface area contributed by atoms with E-state index in [-0.39, 0.29) is 18.8 Å². The van der Waals surface area contributed by atoms with Crippen LogP contribution in [0.4, 0.5) is 0 Å². The predicted molar refractivity (Wildman–Crippen MR) is 36.1 cm³/mol. The lowest BCUT2D eigenvalue weighted by molar-refractivity contribution is 0.0304. The van der Waals surface area contributed by atoms with Crippen molar-refractivity contribution in [1.82, 2.24) is 0 Å². The SMILES string of the molecule is CCC(N)C(CO)OC. The second-order valence-electron chi connectivity index (χ2n) is 2.03. The van der Waals surface area contributed by atoms with Crippen LogP contribution in [0.3, 0.4) is 0 Å². The maximum atomic E-state index is 8.62. The van der Waals surface area contributed by atoms with Crippen LogP contribution in [0, 0.1) is 0 Å². The first-order chi connectivity index (χ1) is 4.26. The van der Waals surface area contributed by atoms with Gasteiger partial charge in [-0.15, -0.1) is 0 Å². The van der Waals surface area contributed by atoms with Crippen molar-refractivity contribution in [3.05, 3.63) is 0 Å². The van der Waals surface area contributed by atoms with Crippen molar-refractivity contribution in [2.45, 2.75) is 25.5 Å². The lowest BCUT2D eigenvalue weighted by atomic mass is 10.1. The topological polar surface area (TPSA) is 55.5 Å². The van der Waals surface area contributed by atoms with Gasteiger partial charge in [-0.3, -0.25) is 0 Å². The molecule has 0 aromatic heterocycles. The molecule has 0 aromatic rings. The number of aliphatic hydroxyl groups is 1. The van der Waals surface area contributed by atoms with Gasteiger partial charge in [-0.25, -0.2) is 0 Å². The van der Waals surface area contributed by atoms with E-state index in [0.29, 0.717) is 0 Å². The Kier molecular flexibility index (Phi) is 4.67. The molecule has 3 nitrogen and oxygen atoms in total. The predicted octanol–water partition coefficient (Wildman–Crippen LogP) is -0.269. The van der Waals surface area contributed by atoms with Crippen molar-refractivity contribution >= 4 is 0 Å². The van der Waals surface area contributed by atoms with Crippen LogP contribution in [0.25, 0.3) is 0 Å². The molecule has 0 saturated heterocycles. The summed E-state index contributed by atoms with van der Waals surface area (Å²) >= 11 is 0. The van der Waals surface area contributed by atoms with Crippen LogP contribution in [0.15, 0.2) is 0 Å². The molecule has 0 aliphatic rings. The molecule has 0 fully saturated rings. The molecule has 0 saturated carbocycles. The van der Waals surface area contributed by atoms with Gasteiger partial charge < -0.3 is 15.6 Å². The summed E-state index contributed by atoms with van der Waals surface area (Å²) in [5.74, 6) is 0. The van der Waals surface area contributed by atoms with Crippen molar-refractivity contribution in [2.24, 2.45) is 5.73 Å². The molecular formula is C6H15NO2. The molecule has 2 unspecified atom stereocenters. The van der Waals surface area contributed by atoms with E-state index in [1.807, 2.05) is 6.92 Å². The Balaban J connectivity index is 3.50. The van der Waals surface area contributed by atoms with Crippen LogP contribution in [0.5, 0.6) is 0 Å². The highest BCUT2D eigenvalue weighted by molar-refractivity contribution is 4.69. The minimum atomic E-state index is -0.199. The summed E-state index contributed by atoms with van der Waals surface area (Å²) < 4.78 is 4.88. The zero-order valence-corrected chi connectivity index (χ0v) is 6.00. The molecule has 0 spiro atoms. The van der Waals surface area contributed by atoms with Crippen molar-refractivity contribution < 1.29 is 9.84 Å². The second kappa shape index (κ2) is 4.73. The van der Waals surface area contributed by atoms with Crippen LogP contribution < -0.4 is 5.73 Å². The fourth-order valence-electron chi connectivity index (χ4n) is 0.648. The zero-order chi connectivity index (χ0) is 7.28.